The van der Waals surface area contributed by atoms with E-state index in [0.717, 1.165) is 25.0 Å². The van der Waals surface area contributed by atoms with Crippen LogP contribution < -0.4 is 10.6 Å². The van der Waals surface area contributed by atoms with Crippen molar-refractivity contribution in [3.05, 3.63) is 58.6 Å². The number of halogens is 2. The molecule has 148 valence electrons. The third-order valence-electron chi connectivity index (χ3n) is 4.18. The first-order chi connectivity index (χ1) is 13.6. The largest absolute Gasteiger partial charge is 0.394 e. The van der Waals surface area contributed by atoms with Gasteiger partial charge in [-0.05, 0) is 30.5 Å². The Kier molecular flexibility index (Phi) is 6.78. The van der Waals surface area contributed by atoms with E-state index in [2.05, 4.69) is 37.7 Å². The molecule has 28 heavy (non-hydrogen) atoms. The Balaban J connectivity index is 1.73. The summed E-state index contributed by atoms with van der Waals surface area (Å²) in [4.78, 5) is 8.51. The maximum absolute atomic E-state index is 13.1. The van der Waals surface area contributed by atoms with Crippen molar-refractivity contribution in [2.75, 3.05) is 17.2 Å². The zero-order chi connectivity index (χ0) is 19.9. The summed E-state index contributed by atoms with van der Waals surface area (Å²) in [5.41, 5.74) is 1.74. The van der Waals surface area contributed by atoms with Crippen LogP contribution in [0.2, 0.25) is 5.02 Å². The van der Waals surface area contributed by atoms with Gasteiger partial charge in [0.15, 0.2) is 11.6 Å². The Bertz CT molecular complexity index is 902. The molecule has 0 fully saturated rings. The number of aliphatic hydroxyl groups excluding tert-OH is 1. The molecule has 0 aliphatic carbocycles. The number of hydrogen-bond donors (Lipinski definition) is 4. The Hall–Kier alpha value is -2.71. The van der Waals surface area contributed by atoms with Gasteiger partial charge in [0, 0.05) is 11.8 Å². The van der Waals surface area contributed by atoms with E-state index in [1.165, 1.54) is 18.3 Å². The molecule has 4 N–H and O–H groups in total. The quantitative estimate of drug-likeness (QED) is 0.426. The minimum Gasteiger partial charge on any atom is -0.394 e. The standard InChI is InChI=1S/C19H22ClFN6O/c1-2-3-4-14-9-17(27-26-14)24-18-15(20)10-22-19(25-18)23-16(11-28)12-5-7-13(21)8-6-12/h5-10,16,28H,2-4,11H2,1H3,(H3,22,23,24,25,26,27)/t16-/m0/s1. The van der Waals surface area contributed by atoms with E-state index in [0.29, 0.717) is 22.2 Å². The number of aromatic amines is 1. The number of aliphatic hydroxyl groups is 1. The molecule has 0 aliphatic rings. The molecule has 0 unspecified atom stereocenters. The maximum Gasteiger partial charge on any atom is 0.225 e. The normalized spacial score (nSPS) is 12.0. The lowest BCUT2D eigenvalue weighted by molar-refractivity contribution is 0.276. The molecule has 0 aliphatic heterocycles. The van der Waals surface area contributed by atoms with E-state index < -0.39 is 6.04 Å². The van der Waals surface area contributed by atoms with Gasteiger partial charge < -0.3 is 15.7 Å². The number of unbranched alkanes of at least 4 members (excludes halogenated alkanes) is 1. The molecule has 9 heteroatoms. The molecule has 0 saturated carbocycles. The average molecular weight is 405 g/mol. The number of H-pyrrole nitrogens is 1. The van der Waals surface area contributed by atoms with Crippen LogP contribution in [0.4, 0.5) is 22.0 Å². The number of hydrogen-bond acceptors (Lipinski definition) is 6. The molecular formula is C19H22ClFN6O. The Labute approximate surface area is 167 Å². The van der Waals surface area contributed by atoms with Crippen molar-refractivity contribution in [3.63, 3.8) is 0 Å². The van der Waals surface area contributed by atoms with Gasteiger partial charge >= 0.3 is 0 Å². The lowest BCUT2D eigenvalue weighted by atomic mass is 10.1. The number of aryl methyl sites for hydroxylation is 1. The second kappa shape index (κ2) is 9.48. The minimum absolute atomic E-state index is 0.208. The van der Waals surface area contributed by atoms with Gasteiger partial charge in [-0.3, -0.25) is 5.10 Å². The molecule has 0 spiro atoms. The summed E-state index contributed by atoms with van der Waals surface area (Å²) >= 11 is 6.20. The summed E-state index contributed by atoms with van der Waals surface area (Å²) in [6.45, 7) is 1.93. The van der Waals surface area contributed by atoms with Crippen LogP contribution in [-0.2, 0) is 6.42 Å². The van der Waals surface area contributed by atoms with Gasteiger partial charge in [-0.15, -0.1) is 0 Å². The van der Waals surface area contributed by atoms with Gasteiger partial charge in [0.2, 0.25) is 5.95 Å². The number of anilines is 3. The van der Waals surface area contributed by atoms with Crippen LogP contribution in [0.25, 0.3) is 0 Å². The summed E-state index contributed by atoms with van der Waals surface area (Å²) in [5, 5.41) is 23.3. The van der Waals surface area contributed by atoms with Crippen molar-refractivity contribution < 1.29 is 9.50 Å². The predicted octanol–water partition coefficient (Wildman–Crippen LogP) is 4.22. The smallest absolute Gasteiger partial charge is 0.225 e. The van der Waals surface area contributed by atoms with E-state index in [9.17, 15) is 9.50 Å². The van der Waals surface area contributed by atoms with E-state index in [4.69, 9.17) is 11.6 Å². The first-order valence-electron chi connectivity index (χ1n) is 9.05. The number of rotatable bonds is 9. The third kappa shape index (κ3) is 5.17. The zero-order valence-corrected chi connectivity index (χ0v) is 16.2. The third-order valence-corrected chi connectivity index (χ3v) is 4.46. The molecule has 1 aromatic carbocycles. The molecule has 3 rings (SSSR count). The fraction of sp³-hybridized carbons (Fsp3) is 0.316. The number of nitrogens with one attached hydrogen (secondary N) is 3. The Morgan fingerprint density at radius 3 is 2.79 bits per heavy atom. The van der Waals surface area contributed by atoms with E-state index in [1.807, 2.05) is 6.07 Å². The summed E-state index contributed by atoms with van der Waals surface area (Å²) in [7, 11) is 0. The highest BCUT2D eigenvalue weighted by molar-refractivity contribution is 6.32. The van der Waals surface area contributed by atoms with Crippen LogP contribution in [0, 0.1) is 5.82 Å². The summed E-state index contributed by atoms with van der Waals surface area (Å²) in [6, 6.07) is 7.29. The molecular weight excluding hydrogens is 383 g/mol. The summed E-state index contributed by atoms with van der Waals surface area (Å²) in [5.74, 6) is 0.933. The van der Waals surface area contributed by atoms with Crippen LogP contribution in [0.5, 0.6) is 0 Å². The SMILES string of the molecule is CCCCc1cc(Nc2nc(N[C@@H](CO)c3ccc(F)cc3)ncc2Cl)n[nH]1. The fourth-order valence-corrected chi connectivity index (χ4v) is 2.79. The van der Waals surface area contributed by atoms with Crippen LogP contribution in [-0.4, -0.2) is 31.9 Å². The molecule has 2 aromatic heterocycles. The monoisotopic (exact) mass is 404 g/mol. The Morgan fingerprint density at radius 2 is 2.07 bits per heavy atom. The van der Waals surface area contributed by atoms with E-state index >= 15 is 0 Å². The molecule has 0 bridgehead atoms. The van der Waals surface area contributed by atoms with Gasteiger partial charge in [-0.2, -0.15) is 10.1 Å². The van der Waals surface area contributed by atoms with Gasteiger partial charge in [-0.25, -0.2) is 9.37 Å². The topological polar surface area (TPSA) is 98.8 Å². The highest BCUT2D eigenvalue weighted by Crippen LogP contribution is 2.25. The van der Waals surface area contributed by atoms with E-state index in [1.54, 1.807) is 12.1 Å². The molecule has 1 atom stereocenters. The molecule has 7 nitrogen and oxygen atoms in total. The van der Waals surface area contributed by atoms with E-state index in [-0.39, 0.29) is 18.4 Å². The van der Waals surface area contributed by atoms with Crippen LogP contribution >= 0.6 is 11.6 Å². The maximum atomic E-state index is 13.1. The second-order valence-corrected chi connectivity index (χ2v) is 6.74. The van der Waals surface area contributed by atoms with Crippen LogP contribution in [0.1, 0.15) is 37.1 Å². The summed E-state index contributed by atoms with van der Waals surface area (Å²) in [6.07, 6.45) is 4.57. The second-order valence-electron chi connectivity index (χ2n) is 6.33. The lowest BCUT2D eigenvalue weighted by Gasteiger charge is -2.17. The van der Waals surface area contributed by atoms with Crippen molar-refractivity contribution in [1.29, 1.82) is 0 Å². The molecule has 2 heterocycles. The van der Waals surface area contributed by atoms with Crippen LogP contribution in [0.3, 0.4) is 0 Å². The number of aromatic nitrogens is 4. The molecule has 3 aromatic rings. The zero-order valence-electron chi connectivity index (χ0n) is 15.4. The fourth-order valence-electron chi connectivity index (χ4n) is 2.65. The first-order valence-corrected chi connectivity index (χ1v) is 9.43. The predicted molar refractivity (Wildman–Crippen MR) is 107 cm³/mol. The van der Waals surface area contributed by atoms with Gasteiger partial charge in [0.05, 0.1) is 18.8 Å². The highest BCUT2D eigenvalue weighted by Gasteiger charge is 2.14. The minimum atomic E-state index is -0.486. The summed E-state index contributed by atoms with van der Waals surface area (Å²) < 4.78 is 13.1. The molecule has 0 saturated heterocycles. The van der Waals surface area contributed by atoms with Crippen molar-refractivity contribution in [2.24, 2.45) is 0 Å². The Morgan fingerprint density at radius 1 is 1.29 bits per heavy atom. The number of benzene rings is 1. The van der Waals surface area contributed by atoms with Gasteiger partial charge in [0.25, 0.3) is 0 Å². The van der Waals surface area contributed by atoms with Crippen molar-refractivity contribution in [1.82, 2.24) is 20.2 Å². The number of nitrogens with zero attached hydrogens (tertiary/aromatic N) is 3. The lowest BCUT2D eigenvalue weighted by Crippen LogP contribution is -2.17. The molecule has 0 radical (unpaired) electrons. The first kappa shape index (κ1) is 20.0. The molecule has 0 amide bonds. The average Bonchev–Trinajstić information content (AvgIpc) is 3.15. The van der Waals surface area contributed by atoms with Gasteiger partial charge in [-0.1, -0.05) is 37.1 Å². The van der Waals surface area contributed by atoms with Crippen molar-refractivity contribution in [2.45, 2.75) is 32.2 Å². The van der Waals surface area contributed by atoms with Crippen LogP contribution in [0.15, 0.2) is 36.5 Å². The van der Waals surface area contributed by atoms with Crippen molar-refractivity contribution >= 4 is 29.2 Å². The van der Waals surface area contributed by atoms with Crippen molar-refractivity contribution in [3.8, 4) is 0 Å². The highest BCUT2D eigenvalue weighted by atomic mass is 35.5. The van der Waals surface area contributed by atoms with Gasteiger partial charge in [0.1, 0.15) is 10.8 Å².